The fourth-order valence-corrected chi connectivity index (χ4v) is 1.75. The highest BCUT2D eigenvalue weighted by Gasteiger charge is 2.09. The van der Waals surface area contributed by atoms with E-state index in [1.165, 1.54) is 13.2 Å². The van der Waals surface area contributed by atoms with Crippen LogP contribution in [0.2, 0.25) is 0 Å². The summed E-state index contributed by atoms with van der Waals surface area (Å²) in [7, 11) is -0.241. The molecule has 1 aromatic heterocycles. The van der Waals surface area contributed by atoms with Crippen molar-refractivity contribution < 1.29 is 13.2 Å². The molecule has 1 heterocycles. The van der Waals surface area contributed by atoms with Crippen LogP contribution in [0.15, 0.2) is 18.3 Å². The van der Waals surface area contributed by atoms with Gasteiger partial charge in [0, 0.05) is 19.8 Å². The summed E-state index contributed by atoms with van der Waals surface area (Å²) in [5, 5.41) is 5.34. The molecule has 0 saturated heterocycles. The van der Waals surface area contributed by atoms with Crippen LogP contribution in [-0.2, 0) is 10.0 Å². The van der Waals surface area contributed by atoms with E-state index >= 15 is 0 Å². The second-order valence-corrected chi connectivity index (χ2v) is 5.51. The van der Waals surface area contributed by atoms with Gasteiger partial charge in [0.2, 0.25) is 10.0 Å². The predicted octanol–water partition coefficient (Wildman–Crippen LogP) is -0.598. The van der Waals surface area contributed by atoms with Crippen molar-refractivity contribution in [2.75, 3.05) is 31.7 Å². The largest absolute Gasteiger partial charge is 0.373 e. The van der Waals surface area contributed by atoms with Crippen LogP contribution >= 0.6 is 0 Å². The third-order valence-electron chi connectivity index (χ3n) is 2.25. The van der Waals surface area contributed by atoms with Gasteiger partial charge in [0.1, 0.15) is 5.82 Å². The summed E-state index contributed by atoms with van der Waals surface area (Å²) < 4.78 is 24.4. The first-order valence-corrected chi connectivity index (χ1v) is 6.97. The number of amides is 1. The number of hydrogen-bond donors (Lipinski definition) is 3. The van der Waals surface area contributed by atoms with Crippen LogP contribution in [0.3, 0.4) is 0 Å². The van der Waals surface area contributed by atoms with E-state index in [1.54, 1.807) is 19.2 Å². The van der Waals surface area contributed by atoms with Crippen LogP contribution in [0.5, 0.6) is 0 Å². The molecule has 0 unspecified atom stereocenters. The number of nitrogens with zero attached hydrogens (tertiary/aromatic N) is 1. The van der Waals surface area contributed by atoms with Crippen molar-refractivity contribution in [2.45, 2.75) is 0 Å². The van der Waals surface area contributed by atoms with Gasteiger partial charge in [-0.2, -0.15) is 0 Å². The van der Waals surface area contributed by atoms with E-state index < -0.39 is 10.0 Å². The van der Waals surface area contributed by atoms with E-state index in [0.29, 0.717) is 11.4 Å². The van der Waals surface area contributed by atoms with Gasteiger partial charge >= 0.3 is 0 Å². The minimum absolute atomic E-state index is 0.0514. The molecular weight excluding hydrogens is 256 g/mol. The Kier molecular flexibility index (Phi) is 5.05. The van der Waals surface area contributed by atoms with Gasteiger partial charge in [-0.05, 0) is 19.2 Å². The number of nitrogens with one attached hydrogen (secondary N) is 3. The number of carbonyl (C=O) groups is 1. The van der Waals surface area contributed by atoms with Crippen LogP contribution < -0.4 is 15.4 Å². The van der Waals surface area contributed by atoms with Crippen molar-refractivity contribution in [1.29, 1.82) is 0 Å². The summed E-state index contributed by atoms with van der Waals surface area (Å²) in [4.78, 5) is 15.6. The summed E-state index contributed by atoms with van der Waals surface area (Å²) in [6.45, 7) is 0.0514. The molecule has 100 valence electrons. The molecule has 1 rings (SSSR count). The standard InChI is InChI=1S/C10H16N4O3S/c1-11-9-4-3-8(7-14-9)10(15)13-5-6-18(16,17)12-2/h3-4,7,12H,5-6H2,1-2H3,(H,11,14)(H,13,15). The zero-order valence-corrected chi connectivity index (χ0v) is 11.0. The highest BCUT2D eigenvalue weighted by molar-refractivity contribution is 7.89. The van der Waals surface area contributed by atoms with Gasteiger partial charge in [-0.3, -0.25) is 4.79 Å². The second-order valence-electron chi connectivity index (χ2n) is 3.46. The summed E-state index contributed by atoms with van der Waals surface area (Å²) in [5.74, 6) is 0.151. The van der Waals surface area contributed by atoms with Gasteiger partial charge in [0.15, 0.2) is 0 Å². The summed E-state index contributed by atoms with van der Waals surface area (Å²) in [6.07, 6.45) is 1.42. The number of aromatic nitrogens is 1. The molecule has 0 atom stereocenters. The molecule has 0 fully saturated rings. The number of sulfonamides is 1. The molecule has 0 radical (unpaired) electrons. The predicted molar refractivity (Wildman–Crippen MR) is 69.0 cm³/mol. The Morgan fingerprint density at radius 1 is 1.33 bits per heavy atom. The average molecular weight is 272 g/mol. The molecule has 0 aliphatic heterocycles. The van der Waals surface area contributed by atoms with E-state index in [9.17, 15) is 13.2 Å². The Hall–Kier alpha value is -1.67. The SMILES string of the molecule is CNc1ccc(C(=O)NCCS(=O)(=O)NC)cn1. The molecule has 7 nitrogen and oxygen atoms in total. The Balaban J connectivity index is 2.50. The number of hydrogen-bond acceptors (Lipinski definition) is 5. The Morgan fingerprint density at radius 2 is 2.06 bits per heavy atom. The average Bonchev–Trinajstić information content (AvgIpc) is 2.38. The lowest BCUT2D eigenvalue weighted by Gasteiger charge is -2.06. The minimum atomic E-state index is -3.30. The number of pyridine rings is 1. The fourth-order valence-electron chi connectivity index (χ4n) is 1.18. The van der Waals surface area contributed by atoms with Gasteiger partial charge in [0.05, 0.1) is 11.3 Å². The van der Waals surface area contributed by atoms with Crippen molar-refractivity contribution in [3.05, 3.63) is 23.9 Å². The molecule has 0 spiro atoms. The molecular formula is C10H16N4O3S. The maximum atomic E-state index is 11.6. The topological polar surface area (TPSA) is 100 Å². The van der Waals surface area contributed by atoms with Crippen molar-refractivity contribution in [1.82, 2.24) is 15.0 Å². The third kappa shape index (κ3) is 4.30. The summed E-state index contributed by atoms with van der Waals surface area (Å²) in [6, 6.07) is 3.28. The molecule has 1 aromatic rings. The third-order valence-corrected chi connectivity index (χ3v) is 3.61. The van der Waals surface area contributed by atoms with Gasteiger partial charge < -0.3 is 10.6 Å². The minimum Gasteiger partial charge on any atom is -0.373 e. The lowest BCUT2D eigenvalue weighted by molar-refractivity contribution is 0.0956. The highest BCUT2D eigenvalue weighted by Crippen LogP contribution is 2.03. The van der Waals surface area contributed by atoms with E-state index in [-0.39, 0.29) is 18.2 Å². The highest BCUT2D eigenvalue weighted by atomic mass is 32.2. The van der Waals surface area contributed by atoms with Crippen molar-refractivity contribution in [3.8, 4) is 0 Å². The smallest absolute Gasteiger partial charge is 0.252 e. The number of carbonyl (C=O) groups excluding carboxylic acids is 1. The molecule has 0 saturated carbocycles. The fraction of sp³-hybridized carbons (Fsp3) is 0.400. The quantitative estimate of drug-likeness (QED) is 0.642. The normalized spacial score (nSPS) is 11.0. The van der Waals surface area contributed by atoms with Crippen LogP contribution in [0.25, 0.3) is 0 Å². The molecule has 8 heteroatoms. The van der Waals surface area contributed by atoms with Crippen LogP contribution in [0.4, 0.5) is 5.82 Å². The van der Waals surface area contributed by atoms with Crippen LogP contribution in [0, 0.1) is 0 Å². The van der Waals surface area contributed by atoms with Crippen LogP contribution in [-0.4, -0.2) is 45.7 Å². The van der Waals surface area contributed by atoms with E-state index in [1.807, 2.05) is 0 Å². The van der Waals surface area contributed by atoms with Gasteiger partial charge in [-0.1, -0.05) is 0 Å². The number of rotatable bonds is 6. The van der Waals surface area contributed by atoms with Gasteiger partial charge in [-0.25, -0.2) is 18.1 Å². The van der Waals surface area contributed by atoms with Gasteiger partial charge in [-0.15, -0.1) is 0 Å². The Morgan fingerprint density at radius 3 is 2.56 bits per heavy atom. The van der Waals surface area contributed by atoms with Crippen molar-refractivity contribution in [2.24, 2.45) is 0 Å². The van der Waals surface area contributed by atoms with Crippen LogP contribution in [0.1, 0.15) is 10.4 Å². The van der Waals surface area contributed by atoms with Crippen molar-refractivity contribution >= 4 is 21.7 Å². The first-order valence-electron chi connectivity index (χ1n) is 5.31. The molecule has 0 bridgehead atoms. The molecule has 3 N–H and O–H groups in total. The maximum absolute atomic E-state index is 11.6. The van der Waals surface area contributed by atoms with Gasteiger partial charge in [0.25, 0.3) is 5.91 Å². The molecule has 0 aliphatic carbocycles. The van der Waals surface area contributed by atoms with Crippen molar-refractivity contribution in [3.63, 3.8) is 0 Å². The molecule has 0 aromatic carbocycles. The Bertz CT molecular complexity index is 498. The zero-order valence-electron chi connectivity index (χ0n) is 10.2. The Labute approximate surface area is 106 Å². The van der Waals surface area contributed by atoms with E-state index in [0.717, 1.165) is 0 Å². The first kappa shape index (κ1) is 14.4. The zero-order chi connectivity index (χ0) is 13.6. The molecule has 18 heavy (non-hydrogen) atoms. The first-order chi connectivity index (χ1) is 8.48. The van der Waals surface area contributed by atoms with E-state index in [4.69, 9.17) is 0 Å². The summed E-state index contributed by atoms with van der Waals surface area (Å²) >= 11 is 0. The summed E-state index contributed by atoms with van der Waals surface area (Å²) in [5.41, 5.74) is 0.385. The number of anilines is 1. The molecule has 1 amide bonds. The lowest BCUT2D eigenvalue weighted by atomic mass is 10.2. The monoisotopic (exact) mass is 272 g/mol. The second kappa shape index (κ2) is 6.31. The molecule has 0 aliphatic rings. The lowest BCUT2D eigenvalue weighted by Crippen LogP contribution is -2.32. The van der Waals surface area contributed by atoms with E-state index in [2.05, 4.69) is 20.3 Å². The maximum Gasteiger partial charge on any atom is 0.252 e.